The first-order valence-corrected chi connectivity index (χ1v) is 10.0. The van der Waals surface area contributed by atoms with Crippen molar-refractivity contribution in [3.63, 3.8) is 0 Å². The number of anilines is 1. The molecule has 0 aliphatic rings. The summed E-state index contributed by atoms with van der Waals surface area (Å²) in [5, 5.41) is 5.67. The molecule has 0 saturated heterocycles. The van der Waals surface area contributed by atoms with Gasteiger partial charge < -0.3 is 10.6 Å². The number of halogens is 3. The highest BCUT2D eigenvalue weighted by Crippen LogP contribution is 2.28. The number of amides is 1. The Kier molecular flexibility index (Phi) is 6.98. The molecule has 0 unspecified atom stereocenters. The van der Waals surface area contributed by atoms with Crippen molar-refractivity contribution in [2.75, 3.05) is 18.4 Å². The molecule has 2 N–H and O–H groups in total. The smallest absolute Gasteiger partial charge is 0.370 e. The summed E-state index contributed by atoms with van der Waals surface area (Å²) in [6.45, 7) is 3.27. The van der Waals surface area contributed by atoms with Crippen molar-refractivity contribution in [1.82, 2.24) is 19.4 Å². The first-order valence-electron chi connectivity index (χ1n) is 10.0. The summed E-state index contributed by atoms with van der Waals surface area (Å²) in [7, 11) is 0. The Morgan fingerprint density at radius 3 is 2.39 bits per heavy atom. The number of hydrogen-bond donors (Lipinski definition) is 2. The van der Waals surface area contributed by atoms with Gasteiger partial charge in [0.05, 0.1) is 16.6 Å². The van der Waals surface area contributed by atoms with Crippen LogP contribution in [0.25, 0.3) is 11.0 Å². The van der Waals surface area contributed by atoms with Crippen LogP contribution >= 0.6 is 0 Å². The molecule has 31 heavy (non-hydrogen) atoms. The number of aryl methyl sites for hydroxylation is 1. The zero-order valence-corrected chi connectivity index (χ0v) is 17.1. The highest BCUT2D eigenvalue weighted by Gasteiger charge is 2.30. The molecular formula is C21H24F3N5O2. The standard InChI is InChI=1S/C21H24F3N5O2/c1-2-12-28-16-6-3-4-7-17(16)29(20(28)31)14-19(30)26-11-5-10-25-18-9-8-15(13-27-18)21(22,23)24/h3-4,6-9,13H,2,5,10-12,14H2,1H3,(H,25,27)(H,26,30). The van der Waals surface area contributed by atoms with Gasteiger partial charge in [-0.15, -0.1) is 0 Å². The van der Waals surface area contributed by atoms with Crippen LogP contribution in [0, 0.1) is 0 Å². The number of benzene rings is 1. The van der Waals surface area contributed by atoms with Gasteiger partial charge in [0, 0.05) is 25.8 Å². The van der Waals surface area contributed by atoms with E-state index in [1.807, 2.05) is 31.2 Å². The Bertz CT molecular complexity index is 1090. The zero-order valence-electron chi connectivity index (χ0n) is 17.1. The molecule has 0 bridgehead atoms. The van der Waals surface area contributed by atoms with Crippen molar-refractivity contribution in [3.05, 3.63) is 58.6 Å². The highest BCUT2D eigenvalue weighted by molar-refractivity contribution is 5.80. The number of fused-ring (bicyclic) bond motifs is 1. The minimum atomic E-state index is -4.42. The molecule has 0 saturated carbocycles. The quantitative estimate of drug-likeness (QED) is 0.506. The molecule has 0 spiro atoms. The highest BCUT2D eigenvalue weighted by atomic mass is 19.4. The van der Waals surface area contributed by atoms with Gasteiger partial charge in [-0.1, -0.05) is 19.1 Å². The number of alkyl halides is 3. The largest absolute Gasteiger partial charge is 0.417 e. The molecular weight excluding hydrogens is 411 g/mol. The normalized spacial score (nSPS) is 11.6. The number of carbonyl (C=O) groups is 1. The fourth-order valence-electron chi connectivity index (χ4n) is 3.26. The Morgan fingerprint density at radius 1 is 1.06 bits per heavy atom. The van der Waals surface area contributed by atoms with Gasteiger partial charge in [-0.3, -0.25) is 13.9 Å². The van der Waals surface area contributed by atoms with Gasteiger partial charge in [0.15, 0.2) is 0 Å². The van der Waals surface area contributed by atoms with E-state index >= 15 is 0 Å². The SMILES string of the molecule is CCCn1c(=O)n(CC(=O)NCCCNc2ccc(C(F)(F)F)cn2)c2ccccc21. The maximum Gasteiger partial charge on any atom is 0.417 e. The minimum Gasteiger partial charge on any atom is -0.370 e. The van der Waals surface area contributed by atoms with Crippen molar-refractivity contribution in [1.29, 1.82) is 0 Å². The average molecular weight is 435 g/mol. The fraction of sp³-hybridized carbons (Fsp3) is 0.381. The van der Waals surface area contributed by atoms with Gasteiger partial charge in [0.25, 0.3) is 0 Å². The lowest BCUT2D eigenvalue weighted by Gasteiger charge is -2.09. The summed E-state index contributed by atoms with van der Waals surface area (Å²) in [5.41, 5.74) is 0.496. The first kappa shape index (κ1) is 22.4. The Balaban J connectivity index is 1.49. The summed E-state index contributed by atoms with van der Waals surface area (Å²) < 4.78 is 40.7. The van der Waals surface area contributed by atoms with Crippen molar-refractivity contribution in [2.24, 2.45) is 0 Å². The third kappa shape index (κ3) is 5.44. The number of para-hydroxylation sites is 2. The predicted octanol–water partition coefficient (Wildman–Crippen LogP) is 3.25. The monoisotopic (exact) mass is 435 g/mol. The molecule has 3 rings (SSSR count). The average Bonchev–Trinajstić information content (AvgIpc) is 2.99. The van der Waals surface area contributed by atoms with Crippen LogP contribution in [0.4, 0.5) is 19.0 Å². The molecule has 0 atom stereocenters. The second-order valence-electron chi connectivity index (χ2n) is 7.07. The van der Waals surface area contributed by atoms with E-state index in [2.05, 4.69) is 15.6 Å². The minimum absolute atomic E-state index is 0.0794. The molecule has 0 fully saturated rings. The number of pyridine rings is 1. The number of aromatic nitrogens is 3. The molecule has 0 aliphatic carbocycles. The number of nitrogens with zero attached hydrogens (tertiary/aromatic N) is 3. The first-order chi connectivity index (χ1) is 14.8. The molecule has 1 aromatic carbocycles. The van der Waals surface area contributed by atoms with E-state index < -0.39 is 11.7 Å². The van der Waals surface area contributed by atoms with Crippen LogP contribution in [0.15, 0.2) is 47.4 Å². The van der Waals surface area contributed by atoms with Crippen LogP contribution in [-0.4, -0.2) is 33.1 Å². The van der Waals surface area contributed by atoms with Gasteiger partial charge in [0.2, 0.25) is 5.91 Å². The number of rotatable bonds is 9. The number of imidazole rings is 1. The zero-order chi connectivity index (χ0) is 22.4. The van der Waals surface area contributed by atoms with E-state index in [1.54, 1.807) is 4.57 Å². The van der Waals surface area contributed by atoms with Gasteiger partial charge in [-0.05, 0) is 37.1 Å². The molecule has 10 heteroatoms. The Hall–Kier alpha value is -3.30. The second-order valence-corrected chi connectivity index (χ2v) is 7.07. The number of carbonyl (C=O) groups excluding carboxylic acids is 1. The van der Waals surface area contributed by atoms with Gasteiger partial charge in [-0.25, -0.2) is 9.78 Å². The molecule has 2 aromatic heterocycles. The summed E-state index contributed by atoms with van der Waals surface area (Å²) >= 11 is 0. The van der Waals surface area contributed by atoms with Crippen LogP contribution in [0.5, 0.6) is 0 Å². The Labute approximate surface area is 176 Å². The molecule has 0 radical (unpaired) electrons. The van der Waals surface area contributed by atoms with Crippen LogP contribution in [0.2, 0.25) is 0 Å². The Morgan fingerprint density at radius 2 is 1.77 bits per heavy atom. The van der Waals surface area contributed by atoms with Crippen molar-refractivity contribution in [2.45, 2.75) is 39.0 Å². The van der Waals surface area contributed by atoms with Crippen LogP contribution in [-0.2, 0) is 24.1 Å². The summed E-state index contributed by atoms with van der Waals surface area (Å²) in [6.07, 6.45) is -2.29. The fourth-order valence-corrected chi connectivity index (χ4v) is 3.26. The molecule has 1 amide bonds. The molecule has 166 valence electrons. The van der Waals surface area contributed by atoms with E-state index in [0.29, 0.717) is 37.4 Å². The van der Waals surface area contributed by atoms with Crippen LogP contribution in [0.3, 0.4) is 0 Å². The van der Waals surface area contributed by atoms with Gasteiger partial charge in [-0.2, -0.15) is 13.2 Å². The van der Waals surface area contributed by atoms with Crippen molar-refractivity contribution in [3.8, 4) is 0 Å². The summed E-state index contributed by atoms with van der Waals surface area (Å²) in [4.78, 5) is 28.7. The molecule has 3 aromatic rings. The van der Waals surface area contributed by atoms with E-state index in [9.17, 15) is 22.8 Å². The van der Waals surface area contributed by atoms with E-state index in [-0.39, 0.29) is 18.1 Å². The topological polar surface area (TPSA) is 81.0 Å². The number of nitrogens with one attached hydrogen (secondary N) is 2. The molecule has 7 nitrogen and oxygen atoms in total. The van der Waals surface area contributed by atoms with Crippen molar-refractivity contribution >= 4 is 22.8 Å². The van der Waals surface area contributed by atoms with Gasteiger partial charge in [0.1, 0.15) is 12.4 Å². The maximum absolute atomic E-state index is 12.7. The van der Waals surface area contributed by atoms with E-state index in [4.69, 9.17) is 0 Å². The van der Waals surface area contributed by atoms with Gasteiger partial charge >= 0.3 is 11.9 Å². The maximum atomic E-state index is 12.7. The number of hydrogen-bond acceptors (Lipinski definition) is 4. The predicted molar refractivity (Wildman–Crippen MR) is 112 cm³/mol. The second kappa shape index (κ2) is 9.67. The summed E-state index contributed by atoms with van der Waals surface area (Å²) in [6, 6.07) is 9.59. The van der Waals surface area contributed by atoms with Crippen LogP contribution in [0.1, 0.15) is 25.3 Å². The van der Waals surface area contributed by atoms with E-state index in [0.717, 1.165) is 24.2 Å². The summed E-state index contributed by atoms with van der Waals surface area (Å²) in [5.74, 6) is 0.0452. The molecule has 0 aliphatic heterocycles. The lowest BCUT2D eigenvalue weighted by atomic mass is 10.3. The third-order valence-electron chi connectivity index (χ3n) is 4.75. The molecule has 2 heterocycles. The lowest BCUT2D eigenvalue weighted by Crippen LogP contribution is -2.34. The van der Waals surface area contributed by atoms with Crippen molar-refractivity contribution < 1.29 is 18.0 Å². The third-order valence-corrected chi connectivity index (χ3v) is 4.75. The van der Waals surface area contributed by atoms with Crippen LogP contribution < -0.4 is 16.3 Å². The van der Waals surface area contributed by atoms with E-state index in [1.165, 1.54) is 10.6 Å². The lowest BCUT2D eigenvalue weighted by molar-refractivity contribution is -0.137.